The van der Waals surface area contributed by atoms with Crippen molar-refractivity contribution in [2.45, 2.75) is 25.9 Å². The van der Waals surface area contributed by atoms with Crippen molar-refractivity contribution in [2.75, 3.05) is 20.6 Å². The van der Waals surface area contributed by atoms with E-state index in [1.54, 1.807) is 23.5 Å². The molecule has 0 aliphatic heterocycles. The minimum atomic E-state index is -0.111. The molecule has 21 heavy (non-hydrogen) atoms. The fourth-order valence-electron chi connectivity index (χ4n) is 2.54. The number of hydrogen-bond donors (Lipinski definition) is 1. The standard InChI is InChI=1S/C17H23FN2S/c1-4-5-6-10-20(3)12-13-16(11-19-2)21-15-9-7-8-14(18)17(13)15/h4,7-9,19H,1,5-6,10-12H2,2-3H3. The Labute approximate surface area is 130 Å². The molecule has 0 radical (unpaired) electrons. The summed E-state index contributed by atoms with van der Waals surface area (Å²) in [5.74, 6) is -0.111. The lowest BCUT2D eigenvalue weighted by Gasteiger charge is -2.17. The Morgan fingerprint density at radius 2 is 2.24 bits per heavy atom. The van der Waals surface area contributed by atoms with Crippen LogP contribution in [0.25, 0.3) is 10.1 Å². The number of rotatable bonds is 8. The summed E-state index contributed by atoms with van der Waals surface area (Å²) in [6.45, 7) is 6.32. The second-order valence-electron chi connectivity index (χ2n) is 5.32. The highest BCUT2D eigenvalue weighted by Crippen LogP contribution is 2.34. The van der Waals surface area contributed by atoms with E-state index in [-0.39, 0.29) is 5.82 Å². The fraction of sp³-hybridized carbons (Fsp3) is 0.412. The van der Waals surface area contributed by atoms with E-state index in [9.17, 15) is 4.39 Å². The van der Waals surface area contributed by atoms with Gasteiger partial charge in [-0.05, 0) is 51.2 Å². The number of unbranched alkanes of at least 4 members (excludes halogenated alkanes) is 1. The van der Waals surface area contributed by atoms with Crippen molar-refractivity contribution < 1.29 is 4.39 Å². The molecule has 2 aromatic rings. The Morgan fingerprint density at radius 3 is 2.95 bits per heavy atom. The van der Waals surface area contributed by atoms with Gasteiger partial charge in [-0.1, -0.05) is 12.1 Å². The molecule has 2 nitrogen and oxygen atoms in total. The molecule has 0 spiro atoms. The van der Waals surface area contributed by atoms with Crippen LogP contribution in [0.5, 0.6) is 0 Å². The molecule has 4 heteroatoms. The predicted molar refractivity (Wildman–Crippen MR) is 90.3 cm³/mol. The van der Waals surface area contributed by atoms with Crippen LogP contribution in [0.1, 0.15) is 23.3 Å². The summed E-state index contributed by atoms with van der Waals surface area (Å²) in [5.41, 5.74) is 1.13. The Kier molecular flexibility index (Phi) is 5.91. The number of fused-ring (bicyclic) bond motifs is 1. The van der Waals surface area contributed by atoms with Gasteiger partial charge in [-0.25, -0.2) is 4.39 Å². The van der Waals surface area contributed by atoms with Crippen molar-refractivity contribution in [2.24, 2.45) is 0 Å². The zero-order chi connectivity index (χ0) is 15.2. The van der Waals surface area contributed by atoms with Crippen LogP contribution in [-0.4, -0.2) is 25.5 Å². The highest BCUT2D eigenvalue weighted by molar-refractivity contribution is 7.19. The number of benzene rings is 1. The van der Waals surface area contributed by atoms with Crippen molar-refractivity contribution in [3.05, 3.63) is 47.1 Å². The van der Waals surface area contributed by atoms with Crippen LogP contribution in [0, 0.1) is 5.82 Å². The third kappa shape index (κ3) is 3.90. The summed E-state index contributed by atoms with van der Waals surface area (Å²) in [6.07, 6.45) is 4.05. The molecule has 1 heterocycles. The van der Waals surface area contributed by atoms with Crippen LogP contribution >= 0.6 is 11.3 Å². The normalized spacial score (nSPS) is 11.4. The zero-order valence-electron chi connectivity index (χ0n) is 12.8. The molecule has 0 aliphatic carbocycles. The molecule has 0 saturated heterocycles. The Balaban J connectivity index is 2.27. The Morgan fingerprint density at radius 1 is 1.43 bits per heavy atom. The van der Waals surface area contributed by atoms with Gasteiger partial charge in [-0.2, -0.15) is 0 Å². The van der Waals surface area contributed by atoms with E-state index < -0.39 is 0 Å². The van der Waals surface area contributed by atoms with Gasteiger partial charge in [0, 0.05) is 28.1 Å². The third-order valence-electron chi connectivity index (χ3n) is 3.56. The van der Waals surface area contributed by atoms with Crippen molar-refractivity contribution in [3.8, 4) is 0 Å². The van der Waals surface area contributed by atoms with Crippen molar-refractivity contribution in [3.63, 3.8) is 0 Å². The second kappa shape index (κ2) is 7.69. The quantitative estimate of drug-likeness (QED) is 0.582. The maximum atomic E-state index is 14.2. The monoisotopic (exact) mass is 306 g/mol. The fourth-order valence-corrected chi connectivity index (χ4v) is 3.78. The molecule has 114 valence electrons. The highest BCUT2D eigenvalue weighted by Gasteiger charge is 2.16. The van der Waals surface area contributed by atoms with Gasteiger partial charge in [-0.15, -0.1) is 17.9 Å². The predicted octanol–water partition coefficient (Wildman–Crippen LogP) is 4.16. The molecule has 0 amide bonds. The second-order valence-corrected chi connectivity index (χ2v) is 6.45. The zero-order valence-corrected chi connectivity index (χ0v) is 13.6. The molecule has 0 fully saturated rings. The van der Waals surface area contributed by atoms with Gasteiger partial charge >= 0.3 is 0 Å². The molecule has 0 saturated carbocycles. The van der Waals surface area contributed by atoms with Gasteiger partial charge in [0.05, 0.1) is 0 Å². The SMILES string of the molecule is C=CCCCN(C)Cc1c(CNC)sc2cccc(F)c12. The lowest BCUT2D eigenvalue weighted by atomic mass is 10.1. The molecule has 1 aromatic carbocycles. The average Bonchev–Trinajstić information content (AvgIpc) is 2.79. The summed E-state index contributed by atoms with van der Waals surface area (Å²) < 4.78 is 15.2. The van der Waals surface area contributed by atoms with Gasteiger partial charge in [0.2, 0.25) is 0 Å². The Hall–Kier alpha value is -1.23. The summed E-state index contributed by atoms with van der Waals surface area (Å²) >= 11 is 1.69. The number of hydrogen-bond acceptors (Lipinski definition) is 3. The van der Waals surface area contributed by atoms with E-state index in [2.05, 4.69) is 23.8 Å². The van der Waals surface area contributed by atoms with Crippen LogP contribution in [0.2, 0.25) is 0 Å². The van der Waals surface area contributed by atoms with Crippen molar-refractivity contribution in [1.82, 2.24) is 10.2 Å². The van der Waals surface area contributed by atoms with Gasteiger partial charge in [0.1, 0.15) is 5.82 Å². The van der Waals surface area contributed by atoms with Crippen LogP contribution in [0.4, 0.5) is 4.39 Å². The lowest BCUT2D eigenvalue weighted by molar-refractivity contribution is 0.323. The van der Waals surface area contributed by atoms with Crippen LogP contribution in [0.3, 0.4) is 0 Å². The molecule has 0 bridgehead atoms. The van der Waals surface area contributed by atoms with E-state index in [0.29, 0.717) is 0 Å². The summed E-state index contributed by atoms with van der Waals surface area (Å²) in [5, 5.41) is 3.98. The van der Waals surface area contributed by atoms with E-state index in [4.69, 9.17) is 0 Å². The van der Waals surface area contributed by atoms with Gasteiger partial charge in [-0.3, -0.25) is 0 Å². The highest BCUT2D eigenvalue weighted by atomic mass is 32.1. The summed E-state index contributed by atoms with van der Waals surface area (Å²) in [4.78, 5) is 3.49. The smallest absolute Gasteiger partial charge is 0.132 e. The van der Waals surface area contributed by atoms with Gasteiger partial charge in [0.15, 0.2) is 0 Å². The molecule has 1 aromatic heterocycles. The largest absolute Gasteiger partial charge is 0.315 e. The molecular formula is C17H23FN2S. The van der Waals surface area contributed by atoms with Gasteiger partial charge < -0.3 is 10.2 Å². The molecule has 0 aliphatic rings. The van der Waals surface area contributed by atoms with Gasteiger partial charge in [0.25, 0.3) is 0 Å². The summed E-state index contributed by atoms with van der Waals surface area (Å²) in [6, 6.07) is 5.35. The first kappa shape index (κ1) is 16.1. The lowest BCUT2D eigenvalue weighted by Crippen LogP contribution is -2.20. The van der Waals surface area contributed by atoms with Crippen LogP contribution in [-0.2, 0) is 13.1 Å². The molecule has 0 atom stereocenters. The Bertz CT molecular complexity index is 606. The van der Waals surface area contributed by atoms with Crippen LogP contribution < -0.4 is 5.32 Å². The van der Waals surface area contributed by atoms with E-state index in [1.165, 1.54) is 4.88 Å². The maximum absolute atomic E-state index is 14.2. The number of thiophene rings is 1. The first-order valence-corrected chi connectivity index (χ1v) is 8.11. The molecule has 1 N–H and O–H groups in total. The minimum absolute atomic E-state index is 0.111. The van der Waals surface area contributed by atoms with Crippen LogP contribution in [0.15, 0.2) is 30.9 Å². The number of halogens is 1. The van der Waals surface area contributed by atoms with Crippen molar-refractivity contribution in [1.29, 1.82) is 0 Å². The topological polar surface area (TPSA) is 15.3 Å². The van der Waals surface area contributed by atoms with E-state index >= 15 is 0 Å². The van der Waals surface area contributed by atoms with Crippen molar-refractivity contribution >= 4 is 21.4 Å². The summed E-state index contributed by atoms with van der Waals surface area (Å²) in [7, 11) is 4.02. The first-order valence-electron chi connectivity index (χ1n) is 7.30. The number of nitrogens with one attached hydrogen (secondary N) is 1. The van der Waals surface area contributed by atoms with E-state index in [0.717, 1.165) is 48.1 Å². The number of nitrogens with zero attached hydrogens (tertiary/aromatic N) is 1. The number of allylic oxidation sites excluding steroid dienone is 1. The molecule has 0 unspecified atom stereocenters. The maximum Gasteiger partial charge on any atom is 0.132 e. The third-order valence-corrected chi connectivity index (χ3v) is 4.76. The minimum Gasteiger partial charge on any atom is -0.315 e. The molecular weight excluding hydrogens is 283 g/mol. The average molecular weight is 306 g/mol. The molecule has 2 rings (SSSR count). The first-order chi connectivity index (χ1) is 10.2. The van der Waals surface area contributed by atoms with E-state index in [1.807, 2.05) is 19.2 Å².